The second-order valence-electron chi connectivity index (χ2n) is 10.6. The molecule has 11 heteroatoms. The van der Waals surface area contributed by atoms with Gasteiger partial charge in [0, 0.05) is 11.9 Å². The van der Waals surface area contributed by atoms with E-state index in [0.717, 1.165) is 16.4 Å². The highest BCUT2D eigenvalue weighted by atomic mass is 32.2. The van der Waals surface area contributed by atoms with Gasteiger partial charge in [0.1, 0.15) is 5.76 Å². The predicted octanol–water partition coefficient (Wildman–Crippen LogP) is 7.11. The molecular formula is C33H28F3NO6S. The second-order valence-corrected chi connectivity index (χ2v) is 12.5. The van der Waals surface area contributed by atoms with Gasteiger partial charge >= 0.3 is 12.1 Å². The summed E-state index contributed by atoms with van der Waals surface area (Å²) in [6.07, 6.45) is -4.72. The van der Waals surface area contributed by atoms with E-state index in [1.165, 1.54) is 13.0 Å². The number of sulfonamides is 1. The molecule has 5 rings (SSSR count). The highest BCUT2D eigenvalue weighted by Crippen LogP contribution is 2.34. The molecule has 7 nitrogen and oxygen atoms in total. The van der Waals surface area contributed by atoms with Gasteiger partial charge in [0.15, 0.2) is 5.60 Å². The first kappa shape index (κ1) is 31.0. The number of hydrogen-bond donors (Lipinski definition) is 2. The molecule has 0 saturated carbocycles. The van der Waals surface area contributed by atoms with Crippen LogP contribution in [0, 0.1) is 6.92 Å². The summed E-state index contributed by atoms with van der Waals surface area (Å²) in [6, 6.07) is 25.6. The fourth-order valence-corrected chi connectivity index (χ4v) is 6.78. The van der Waals surface area contributed by atoms with Crippen molar-refractivity contribution in [2.45, 2.75) is 43.6 Å². The summed E-state index contributed by atoms with van der Waals surface area (Å²) in [5.74, 6) is -2.79. The Morgan fingerprint density at radius 2 is 1.57 bits per heavy atom. The van der Waals surface area contributed by atoms with E-state index in [2.05, 4.69) is 0 Å². The van der Waals surface area contributed by atoms with E-state index in [1.54, 1.807) is 85.8 Å². The molecule has 0 saturated heterocycles. The van der Waals surface area contributed by atoms with Crippen molar-refractivity contribution in [3.05, 3.63) is 125 Å². The summed E-state index contributed by atoms with van der Waals surface area (Å²) in [5, 5.41) is 20.9. The summed E-state index contributed by atoms with van der Waals surface area (Å²) in [7, 11) is -4.26. The topological polar surface area (TPSA) is 108 Å². The van der Waals surface area contributed by atoms with Crippen molar-refractivity contribution in [1.82, 2.24) is 4.31 Å². The lowest BCUT2D eigenvalue weighted by molar-refractivity contribution is -0.157. The first-order valence-electron chi connectivity index (χ1n) is 13.5. The van der Waals surface area contributed by atoms with E-state index in [9.17, 15) is 36.6 Å². The normalized spacial score (nSPS) is 13.7. The maximum Gasteiger partial charge on any atom is 0.449 e. The van der Waals surface area contributed by atoms with Crippen molar-refractivity contribution < 1.29 is 41.0 Å². The molecule has 0 aliphatic rings. The molecule has 0 aliphatic carbocycles. The van der Waals surface area contributed by atoms with Gasteiger partial charge in [-0.3, -0.25) is 0 Å². The number of halogens is 3. The Morgan fingerprint density at radius 3 is 2.23 bits per heavy atom. The van der Waals surface area contributed by atoms with Gasteiger partial charge in [-0.15, -0.1) is 0 Å². The predicted molar refractivity (Wildman–Crippen MR) is 158 cm³/mol. The number of carboxylic acid groups (broad SMARTS) is 1. The number of aliphatic hydroxyl groups is 1. The highest BCUT2D eigenvalue weighted by molar-refractivity contribution is 7.89. The minimum Gasteiger partial charge on any atom is -0.479 e. The molecule has 0 spiro atoms. The summed E-state index contributed by atoms with van der Waals surface area (Å²) in [4.78, 5) is 11.6. The van der Waals surface area contributed by atoms with Crippen LogP contribution in [0.1, 0.15) is 35.1 Å². The number of aliphatic carboxylic acids is 1. The van der Waals surface area contributed by atoms with Crippen LogP contribution >= 0.6 is 0 Å². The van der Waals surface area contributed by atoms with Crippen LogP contribution in [0.5, 0.6) is 0 Å². The minimum absolute atomic E-state index is 0.0529. The smallest absolute Gasteiger partial charge is 0.449 e. The van der Waals surface area contributed by atoms with Crippen LogP contribution in [-0.4, -0.2) is 28.9 Å². The largest absolute Gasteiger partial charge is 0.479 e. The lowest BCUT2D eigenvalue weighted by atomic mass is 9.92. The van der Waals surface area contributed by atoms with E-state index in [0.29, 0.717) is 33.0 Å². The molecule has 0 bridgehead atoms. The molecule has 228 valence electrons. The summed E-state index contributed by atoms with van der Waals surface area (Å²) in [6.45, 7) is 2.22. The Bertz CT molecular complexity index is 1950. The van der Waals surface area contributed by atoms with Gasteiger partial charge in [-0.1, -0.05) is 78.9 Å². The first-order valence-corrected chi connectivity index (χ1v) is 14.9. The van der Waals surface area contributed by atoms with E-state index in [-0.39, 0.29) is 22.8 Å². The zero-order chi connectivity index (χ0) is 31.9. The van der Waals surface area contributed by atoms with Gasteiger partial charge in [-0.2, -0.15) is 17.5 Å². The molecule has 5 aromatic rings. The van der Waals surface area contributed by atoms with E-state index in [1.807, 2.05) is 0 Å². The molecule has 44 heavy (non-hydrogen) atoms. The number of carboxylic acids is 1. The number of fused-ring (bicyclic) bond motifs is 1. The number of benzene rings is 4. The maximum atomic E-state index is 14.2. The van der Waals surface area contributed by atoms with Crippen molar-refractivity contribution >= 4 is 26.8 Å². The Balaban J connectivity index is 1.52. The Kier molecular flexibility index (Phi) is 8.15. The summed E-state index contributed by atoms with van der Waals surface area (Å²) < 4.78 is 74.3. The number of aryl methyl sites for hydroxylation is 1. The Morgan fingerprint density at radius 1 is 0.864 bits per heavy atom. The monoisotopic (exact) mass is 623 g/mol. The number of alkyl halides is 3. The quantitative estimate of drug-likeness (QED) is 0.181. The molecule has 1 heterocycles. The van der Waals surface area contributed by atoms with Crippen molar-refractivity contribution in [2.24, 2.45) is 0 Å². The van der Waals surface area contributed by atoms with Crippen LogP contribution in [0.3, 0.4) is 0 Å². The van der Waals surface area contributed by atoms with Gasteiger partial charge in [0.05, 0.1) is 11.4 Å². The van der Waals surface area contributed by atoms with Crippen molar-refractivity contribution in [3.63, 3.8) is 0 Å². The van der Waals surface area contributed by atoms with Gasteiger partial charge in [-0.25, -0.2) is 13.2 Å². The molecule has 0 aliphatic heterocycles. The third-order valence-corrected chi connectivity index (χ3v) is 9.43. The Labute approximate surface area is 251 Å². The molecule has 0 fully saturated rings. The van der Waals surface area contributed by atoms with Crippen LogP contribution in [0.4, 0.5) is 13.2 Å². The summed E-state index contributed by atoms with van der Waals surface area (Å²) >= 11 is 0. The molecule has 1 atom stereocenters. The third kappa shape index (κ3) is 6.12. The molecule has 0 amide bonds. The molecule has 1 unspecified atom stereocenters. The highest BCUT2D eigenvalue weighted by Gasteiger charge is 2.36. The molecular weight excluding hydrogens is 595 g/mol. The van der Waals surface area contributed by atoms with Crippen LogP contribution < -0.4 is 0 Å². The van der Waals surface area contributed by atoms with Gasteiger partial charge < -0.3 is 14.6 Å². The van der Waals surface area contributed by atoms with Crippen molar-refractivity contribution in [2.75, 3.05) is 0 Å². The molecule has 4 aromatic carbocycles. The Hall–Kier alpha value is -4.45. The zero-order valence-electron chi connectivity index (χ0n) is 23.7. The van der Waals surface area contributed by atoms with Gasteiger partial charge in [-0.05, 0) is 65.3 Å². The second kappa shape index (κ2) is 11.6. The average Bonchev–Trinajstić information content (AvgIpc) is 3.46. The number of rotatable bonds is 9. The van der Waals surface area contributed by atoms with Crippen LogP contribution in [0.2, 0.25) is 0 Å². The first-order chi connectivity index (χ1) is 20.7. The summed E-state index contributed by atoms with van der Waals surface area (Å²) in [5.41, 5.74) is 0.426. The van der Waals surface area contributed by atoms with Crippen LogP contribution in [0.15, 0.2) is 106 Å². The van der Waals surface area contributed by atoms with E-state index in [4.69, 9.17) is 4.42 Å². The molecule has 2 N–H and O–H groups in total. The average molecular weight is 624 g/mol. The van der Waals surface area contributed by atoms with Gasteiger partial charge in [0.2, 0.25) is 15.8 Å². The van der Waals surface area contributed by atoms with Crippen LogP contribution in [-0.2, 0) is 39.7 Å². The van der Waals surface area contributed by atoms with E-state index < -0.39 is 40.1 Å². The molecule has 1 aromatic heterocycles. The van der Waals surface area contributed by atoms with Crippen molar-refractivity contribution in [1.29, 1.82) is 0 Å². The van der Waals surface area contributed by atoms with Gasteiger partial charge in [0.25, 0.3) is 0 Å². The maximum absolute atomic E-state index is 14.2. The number of furan rings is 1. The fraction of sp³-hybridized carbons (Fsp3) is 0.182. The third-order valence-electron chi connectivity index (χ3n) is 7.43. The minimum atomic E-state index is -4.72. The van der Waals surface area contributed by atoms with Crippen molar-refractivity contribution in [3.8, 4) is 11.1 Å². The standard InChI is InChI=1S/C33H28F3NO6S/c1-21-10-13-24-6-3-4-9-28(24)30(21)44(41,42)37(20-27-16-17-29(43-27)33(34,35)36)19-22-11-14-23(15-12-22)25-7-5-8-26(18-25)32(2,40)31(38)39/h3-18,40H,19-20H2,1-2H3,(H,38,39). The lowest BCUT2D eigenvalue weighted by Gasteiger charge is -2.24. The van der Waals surface area contributed by atoms with E-state index >= 15 is 0 Å². The number of carbonyl (C=O) groups is 1. The number of nitrogens with zero attached hydrogens (tertiary/aromatic N) is 1. The zero-order valence-corrected chi connectivity index (χ0v) is 24.5. The number of hydrogen-bond acceptors (Lipinski definition) is 5. The fourth-order valence-electron chi connectivity index (χ4n) is 4.97. The van der Waals surface area contributed by atoms with Crippen LogP contribution in [0.25, 0.3) is 21.9 Å². The molecule has 0 radical (unpaired) electrons. The SMILES string of the molecule is Cc1ccc2ccccc2c1S(=O)(=O)N(Cc1ccc(-c2cccc(C(C)(O)C(=O)O)c2)cc1)Cc1ccc(C(F)(F)F)o1. The lowest BCUT2D eigenvalue weighted by Crippen LogP contribution is -2.31.